The highest BCUT2D eigenvalue weighted by atomic mass is 32.1. The first-order valence-electron chi connectivity index (χ1n) is 12.1. The Hall–Kier alpha value is -3.91. The molecule has 184 valence electrons. The first-order valence-corrected chi connectivity index (χ1v) is 12.9. The number of carbonyl (C=O) groups excluding carboxylic acids is 1. The van der Waals surface area contributed by atoms with Crippen LogP contribution in [-0.4, -0.2) is 53.0 Å². The van der Waals surface area contributed by atoms with Crippen LogP contribution >= 0.6 is 11.5 Å². The predicted molar refractivity (Wildman–Crippen MR) is 141 cm³/mol. The molecule has 0 spiro atoms. The first-order chi connectivity index (χ1) is 17.7. The Morgan fingerprint density at radius 2 is 1.64 bits per heavy atom. The van der Waals surface area contributed by atoms with Crippen molar-refractivity contribution in [1.82, 2.24) is 14.3 Å². The quantitative estimate of drug-likeness (QED) is 0.328. The van der Waals surface area contributed by atoms with Crippen molar-refractivity contribution in [3.63, 3.8) is 0 Å². The summed E-state index contributed by atoms with van der Waals surface area (Å²) in [6.45, 7) is 5.46. The van der Waals surface area contributed by atoms with E-state index in [1.807, 2.05) is 48.2 Å². The molecule has 0 N–H and O–H groups in total. The molecule has 0 radical (unpaired) electrons. The fourth-order valence-corrected chi connectivity index (χ4v) is 4.79. The molecule has 0 aliphatic carbocycles. The van der Waals surface area contributed by atoms with Crippen LogP contribution in [-0.2, 0) is 6.42 Å². The SMILES string of the molecule is CCOc1ccccc1N1CCN(C(=O)c2ccc(Oc3nc(Cc4ccccc4)ns3)cc2)CC1. The van der Waals surface area contributed by atoms with Gasteiger partial charge in [-0.05, 0) is 48.9 Å². The molecule has 5 rings (SSSR count). The van der Waals surface area contributed by atoms with Crippen LogP contribution in [0.3, 0.4) is 0 Å². The normalized spacial score (nSPS) is 13.5. The molecule has 8 heteroatoms. The molecule has 3 aromatic carbocycles. The number of benzene rings is 3. The van der Waals surface area contributed by atoms with Crippen LogP contribution < -0.4 is 14.4 Å². The van der Waals surface area contributed by atoms with Gasteiger partial charge in [-0.3, -0.25) is 4.79 Å². The average molecular weight is 501 g/mol. The highest BCUT2D eigenvalue weighted by Gasteiger charge is 2.24. The Balaban J connectivity index is 1.16. The van der Waals surface area contributed by atoms with Crippen LogP contribution in [0, 0.1) is 0 Å². The predicted octanol–water partition coefficient (Wildman–Crippen LogP) is 5.28. The van der Waals surface area contributed by atoms with Crippen LogP contribution in [0.2, 0.25) is 0 Å². The zero-order chi connectivity index (χ0) is 24.7. The molecule has 1 fully saturated rings. The molecular weight excluding hydrogens is 472 g/mol. The molecular formula is C28H28N4O3S. The topological polar surface area (TPSA) is 67.8 Å². The number of rotatable bonds is 8. The lowest BCUT2D eigenvalue weighted by Crippen LogP contribution is -2.48. The molecule has 0 atom stereocenters. The monoisotopic (exact) mass is 500 g/mol. The van der Waals surface area contributed by atoms with E-state index in [0.29, 0.717) is 42.6 Å². The Labute approximate surface area is 215 Å². The first kappa shape index (κ1) is 23.8. The highest BCUT2D eigenvalue weighted by molar-refractivity contribution is 7.07. The lowest BCUT2D eigenvalue weighted by molar-refractivity contribution is 0.0746. The lowest BCUT2D eigenvalue weighted by atomic mass is 10.1. The maximum Gasteiger partial charge on any atom is 0.298 e. The molecule has 1 saturated heterocycles. The van der Waals surface area contributed by atoms with Gasteiger partial charge >= 0.3 is 0 Å². The molecule has 1 amide bonds. The van der Waals surface area contributed by atoms with E-state index in [9.17, 15) is 4.79 Å². The van der Waals surface area contributed by atoms with Gasteiger partial charge in [0.1, 0.15) is 11.5 Å². The van der Waals surface area contributed by atoms with E-state index in [0.717, 1.165) is 35.9 Å². The minimum atomic E-state index is 0.0281. The number of aromatic nitrogens is 2. The largest absolute Gasteiger partial charge is 0.492 e. The molecule has 1 aliphatic rings. The van der Waals surface area contributed by atoms with E-state index >= 15 is 0 Å². The number of para-hydroxylation sites is 2. The Bertz CT molecular complexity index is 1290. The third-order valence-electron chi connectivity index (χ3n) is 6.03. The standard InChI is InChI=1S/C28H28N4O3S/c1-2-34-25-11-7-6-10-24(25)31-16-18-32(19-17-31)27(33)22-12-14-23(15-13-22)35-28-29-26(30-36-28)20-21-8-4-3-5-9-21/h3-15H,2,16-20H2,1H3. The van der Waals surface area contributed by atoms with Crippen molar-refractivity contribution >= 4 is 23.1 Å². The fourth-order valence-electron chi connectivity index (χ4n) is 4.22. The molecule has 0 unspecified atom stereocenters. The number of piperazine rings is 1. The summed E-state index contributed by atoms with van der Waals surface area (Å²) in [4.78, 5) is 21.7. The van der Waals surface area contributed by atoms with Gasteiger partial charge in [-0.25, -0.2) is 0 Å². The van der Waals surface area contributed by atoms with E-state index in [2.05, 4.69) is 32.5 Å². The lowest BCUT2D eigenvalue weighted by Gasteiger charge is -2.36. The van der Waals surface area contributed by atoms with Crippen molar-refractivity contribution in [2.45, 2.75) is 13.3 Å². The van der Waals surface area contributed by atoms with Gasteiger partial charge in [0.25, 0.3) is 11.1 Å². The van der Waals surface area contributed by atoms with Crippen molar-refractivity contribution in [2.24, 2.45) is 0 Å². The average Bonchev–Trinajstić information content (AvgIpc) is 3.36. The number of hydrogen-bond donors (Lipinski definition) is 0. The summed E-state index contributed by atoms with van der Waals surface area (Å²) >= 11 is 1.23. The second-order valence-corrected chi connectivity index (χ2v) is 9.16. The number of anilines is 1. The molecule has 4 aromatic rings. The Morgan fingerprint density at radius 3 is 2.39 bits per heavy atom. The van der Waals surface area contributed by atoms with Gasteiger partial charge in [-0.15, -0.1) is 0 Å². The van der Waals surface area contributed by atoms with E-state index in [-0.39, 0.29) is 5.91 Å². The second-order valence-electron chi connectivity index (χ2n) is 8.45. The molecule has 1 aromatic heterocycles. The molecule has 0 saturated carbocycles. The second kappa shape index (κ2) is 11.2. The van der Waals surface area contributed by atoms with Crippen LogP contribution in [0.25, 0.3) is 0 Å². The summed E-state index contributed by atoms with van der Waals surface area (Å²) in [5, 5.41) is 0.489. The maximum atomic E-state index is 13.1. The smallest absolute Gasteiger partial charge is 0.298 e. The van der Waals surface area contributed by atoms with Gasteiger partial charge in [0.2, 0.25) is 0 Å². The molecule has 1 aliphatic heterocycles. The summed E-state index contributed by atoms with van der Waals surface area (Å²) in [5.74, 6) is 2.28. The van der Waals surface area contributed by atoms with Gasteiger partial charge in [-0.1, -0.05) is 42.5 Å². The minimum absolute atomic E-state index is 0.0281. The third kappa shape index (κ3) is 5.66. The van der Waals surface area contributed by atoms with E-state index in [4.69, 9.17) is 9.47 Å². The summed E-state index contributed by atoms with van der Waals surface area (Å²) in [5.41, 5.74) is 2.88. The van der Waals surface area contributed by atoms with Gasteiger partial charge in [0.15, 0.2) is 5.82 Å². The Morgan fingerprint density at radius 1 is 0.917 bits per heavy atom. The summed E-state index contributed by atoms with van der Waals surface area (Å²) in [6, 6.07) is 25.4. The van der Waals surface area contributed by atoms with Crippen molar-refractivity contribution in [3.8, 4) is 16.7 Å². The van der Waals surface area contributed by atoms with Crippen LogP contribution in [0.1, 0.15) is 28.7 Å². The number of hydrogen-bond acceptors (Lipinski definition) is 7. The van der Waals surface area contributed by atoms with Crippen LogP contribution in [0.5, 0.6) is 16.7 Å². The zero-order valence-electron chi connectivity index (χ0n) is 20.2. The molecule has 0 bridgehead atoms. The minimum Gasteiger partial charge on any atom is -0.492 e. The summed E-state index contributed by atoms with van der Waals surface area (Å²) in [6.07, 6.45) is 0.665. The highest BCUT2D eigenvalue weighted by Crippen LogP contribution is 2.29. The molecule has 7 nitrogen and oxygen atoms in total. The summed E-state index contributed by atoms with van der Waals surface area (Å²) in [7, 11) is 0. The number of nitrogens with zero attached hydrogens (tertiary/aromatic N) is 4. The van der Waals surface area contributed by atoms with Crippen molar-refractivity contribution in [2.75, 3.05) is 37.7 Å². The van der Waals surface area contributed by atoms with E-state index in [1.165, 1.54) is 11.5 Å². The number of amides is 1. The molecule has 2 heterocycles. The van der Waals surface area contributed by atoms with Gasteiger partial charge < -0.3 is 19.3 Å². The van der Waals surface area contributed by atoms with E-state index < -0.39 is 0 Å². The van der Waals surface area contributed by atoms with Crippen LogP contribution in [0.15, 0.2) is 78.9 Å². The Kier molecular flexibility index (Phi) is 7.42. The number of carbonyl (C=O) groups is 1. The van der Waals surface area contributed by atoms with Gasteiger partial charge in [-0.2, -0.15) is 9.36 Å². The van der Waals surface area contributed by atoms with Gasteiger partial charge in [0.05, 0.1) is 12.3 Å². The maximum absolute atomic E-state index is 13.1. The van der Waals surface area contributed by atoms with E-state index in [1.54, 1.807) is 24.3 Å². The third-order valence-corrected chi connectivity index (χ3v) is 6.67. The fraction of sp³-hybridized carbons (Fsp3) is 0.250. The summed E-state index contributed by atoms with van der Waals surface area (Å²) < 4.78 is 16.0. The zero-order valence-corrected chi connectivity index (χ0v) is 21.0. The van der Waals surface area contributed by atoms with Gasteiger partial charge in [0, 0.05) is 49.7 Å². The van der Waals surface area contributed by atoms with Crippen molar-refractivity contribution < 1.29 is 14.3 Å². The molecule has 36 heavy (non-hydrogen) atoms. The van der Waals surface area contributed by atoms with Crippen LogP contribution in [0.4, 0.5) is 5.69 Å². The van der Waals surface area contributed by atoms with Crippen molar-refractivity contribution in [3.05, 3.63) is 95.8 Å². The number of ether oxygens (including phenoxy) is 2. The van der Waals surface area contributed by atoms with Crippen molar-refractivity contribution in [1.29, 1.82) is 0 Å².